The van der Waals surface area contributed by atoms with Gasteiger partial charge in [-0.1, -0.05) is 38.1 Å². The highest BCUT2D eigenvalue weighted by Gasteiger charge is 2.12. The Morgan fingerprint density at radius 2 is 2.31 bits per heavy atom. The summed E-state index contributed by atoms with van der Waals surface area (Å²) in [5.41, 5.74) is 1.19. The third-order valence-electron chi connectivity index (χ3n) is 2.01. The number of carbonyl (C=O) groups is 1. The van der Waals surface area contributed by atoms with Crippen LogP contribution >= 0.6 is 39.1 Å². The number of hydrogen-bond acceptors (Lipinski definition) is 4. The van der Waals surface area contributed by atoms with Crippen molar-refractivity contribution in [1.82, 2.24) is 9.59 Å². The summed E-state index contributed by atoms with van der Waals surface area (Å²) >= 11 is 10.5. The molecule has 82 valence electrons. The number of ketones is 1. The van der Waals surface area contributed by atoms with Crippen molar-refractivity contribution in [3.63, 3.8) is 0 Å². The van der Waals surface area contributed by atoms with Gasteiger partial charge >= 0.3 is 0 Å². The lowest BCUT2D eigenvalue weighted by Crippen LogP contribution is -2.04. The number of benzene rings is 1. The van der Waals surface area contributed by atoms with Gasteiger partial charge in [-0.05, 0) is 29.2 Å². The van der Waals surface area contributed by atoms with Crippen LogP contribution in [0.5, 0.6) is 0 Å². The fraction of sp³-hybridized carbons (Fsp3) is 0.100. The van der Waals surface area contributed by atoms with Gasteiger partial charge in [-0.3, -0.25) is 4.79 Å². The first-order chi connectivity index (χ1) is 7.66. The normalized spacial score (nSPS) is 10.4. The number of nitrogens with zero attached hydrogens (tertiary/aromatic N) is 2. The Morgan fingerprint density at radius 1 is 1.50 bits per heavy atom. The highest BCUT2D eigenvalue weighted by Crippen LogP contribution is 2.22. The van der Waals surface area contributed by atoms with Crippen LogP contribution in [0.1, 0.15) is 16.1 Å². The van der Waals surface area contributed by atoms with Crippen molar-refractivity contribution < 1.29 is 4.79 Å². The highest BCUT2D eigenvalue weighted by atomic mass is 79.9. The van der Waals surface area contributed by atoms with Crippen LogP contribution in [0.3, 0.4) is 0 Å². The standard InChI is InChI=1S/C10H6BrClN2OS/c11-7-2-1-6(8(12)4-7)3-10(15)9-5-16-14-13-9/h1-2,4-5H,3H2. The number of carbonyl (C=O) groups excluding carboxylic acids is 1. The van der Waals surface area contributed by atoms with E-state index in [1.807, 2.05) is 12.1 Å². The van der Waals surface area contributed by atoms with Crippen LogP contribution in [0.25, 0.3) is 0 Å². The molecule has 0 fully saturated rings. The highest BCUT2D eigenvalue weighted by molar-refractivity contribution is 9.10. The van der Waals surface area contributed by atoms with Gasteiger partial charge in [0.05, 0.1) is 0 Å². The zero-order valence-corrected chi connectivity index (χ0v) is 11.1. The molecule has 1 heterocycles. The summed E-state index contributed by atoms with van der Waals surface area (Å²) in [5, 5.41) is 5.94. The van der Waals surface area contributed by atoms with Gasteiger partial charge < -0.3 is 0 Å². The molecule has 0 N–H and O–H groups in total. The third-order valence-corrected chi connectivity index (χ3v) is 3.36. The third kappa shape index (κ3) is 2.66. The Kier molecular flexibility index (Phi) is 3.68. The molecule has 0 bridgehead atoms. The molecule has 0 unspecified atom stereocenters. The smallest absolute Gasteiger partial charge is 0.188 e. The van der Waals surface area contributed by atoms with Crippen molar-refractivity contribution in [2.45, 2.75) is 6.42 Å². The Morgan fingerprint density at radius 3 is 2.94 bits per heavy atom. The second-order valence-corrected chi connectivity index (χ2v) is 5.06. The van der Waals surface area contributed by atoms with Crippen molar-refractivity contribution in [1.29, 1.82) is 0 Å². The van der Waals surface area contributed by atoms with Gasteiger partial charge in [0.15, 0.2) is 5.78 Å². The molecule has 0 aliphatic rings. The van der Waals surface area contributed by atoms with E-state index in [2.05, 4.69) is 25.5 Å². The molecule has 0 aliphatic heterocycles. The van der Waals surface area contributed by atoms with Crippen molar-refractivity contribution in [3.05, 3.63) is 44.3 Å². The van der Waals surface area contributed by atoms with Gasteiger partial charge in [-0.25, -0.2) is 0 Å². The van der Waals surface area contributed by atoms with Gasteiger partial charge in [0.25, 0.3) is 0 Å². The van der Waals surface area contributed by atoms with E-state index in [9.17, 15) is 4.79 Å². The van der Waals surface area contributed by atoms with Crippen LogP contribution in [-0.2, 0) is 6.42 Å². The summed E-state index contributed by atoms with van der Waals surface area (Å²) in [6.45, 7) is 0. The fourth-order valence-corrected chi connectivity index (χ4v) is 2.42. The Balaban J connectivity index is 2.18. The summed E-state index contributed by atoms with van der Waals surface area (Å²) in [4.78, 5) is 11.7. The lowest BCUT2D eigenvalue weighted by atomic mass is 10.1. The van der Waals surface area contributed by atoms with E-state index >= 15 is 0 Å². The van der Waals surface area contributed by atoms with E-state index in [4.69, 9.17) is 11.6 Å². The molecular weight excluding hydrogens is 312 g/mol. The molecule has 0 amide bonds. The van der Waals surface area contributed by atoms with Gasteiger partial charge in [0, 0.05) is 21.3 Å². The van der Waals surface area contributed by atoms with E-state index in [0.717, 1.165) is 21.6 Å². The quantitative estimate of drug-likeness (QED) is 0.815. The van der Waals surface area contributed by atoms with Crippen LogP contribution in [0.15, 0.2) is 28.1 Å². The Labute approximate surface area is 110 Å². The minimum Gasteiger partial charge on any atom is -0.292 e. The summed E-state index contributed by atoms with van der Waals surface area (Å²) in [6, 6.07) is 5.45. The first kappa shape index (κ1) is 11.7. The van der Waals surface area contributed by atoms with Crippen molar-refractivity contribution in [2.75, 3.05) is 0 Å². The van der Waals surface area contributed by atoms with Gasteiger partial charge in [-0.15, -0.1) is 5.10 Å². The number of halogens is 2. The first-order valence-corrected chi connectivity index (χ1v) is 6.42. The molecular formula is C10H6BrClN2OS. The number of Topliss-reactive ketones (excluding diaryl/α,β-unsaturated/α-hetero) is 1. The second-order valence-electron chi connectivity index (χ2n) is 3.13. The van der Waals surface area contributed by atoms with E-state index < -0.39 is 0 Å². The Hall–Kier alpha value is -0.780. The lowest BCUT2D eigenvalue weighted by Gasteiger charge is -2.02. The van der Waals surface area contributed by atoms with E-state index in [0.29, 0.717) is 10.7 Å². The number of aromatic nitrogens is 2. The molecule has 0 atom stereocenters. The fourth-order valence-electron chi connectivity index (χ4n) is 1.21. The van der Waals surface area contributed by atoms with Crippen LogP contribution in [-0.4, -0.2) is 15.4 Å². The summed E-state index contributed by atoms with van der Waals surface area (Å²) in [5.74, 6) is -0.0713. The minimum absolute atomic E-state index is 0.0713. The van der Waals surface area contributed by atoms with Crippen LogP contribution in [0, 0.1) is 0 Å². The summed E-state index contributed by atoms with van der Waals surface area (Å²) in [6.07, 6.45) is 0.248. The molecule has 1 aromatic heterocycles. The van der Waals surface area contributed by atoms with E-state index in [1.165, 1.54) is 0 Å². The maximum atomic E-state index is 11.7. The number of hydrogen-bond donors (Lipinski definition) is 0. The average molecular weight is 318 g/mol. The maximum absolute atomic E-state index is 11.7. The van der Waals surface area contributed by atoms with Crippen molar-refractivity contribution >= 4 is 44.8 Å². The molecule has 0 saturated carbocycles. The second kappa shape index (κ2) is 5.03. The SMILES string of the molecule is O=C(Cc1ccc(Br)cc1Cl)c1csnn1. The van der Waals surface area contributed by atoms with Crippen molar-refractivity contribution in [2.24, 2.45) is 0 Å². The monoisotopic (exact) mass is 316 g/mol. The first-order valence-electron chi connectivity index (χ1n) is 4.41. The summed E-state index contributed by atoms with van der Waals surface area (Å²) < 4.78 is 4.54. The molecule has 2 aromatic rings. The zero-order chi connectivity index (χ0) is 11.5. The lowest BCUT2D eigenvalue weighted by molar-refractivity contribution is 0.0988. The van der Waals surface area contributed by atoms with Crippen LogP contribution < -0.4 is 0 Å². The average Bonchev–Trinajstić information content (AvgIpc) is 2.75. The predicted molar refractivity (Wildman–Crippen MR) is 67.1 cm³/mol. The zero-order valence-electron chi connectivity index (χ0n) is 7.98. The molecule has 2 rings (SSSR count). The van der Waals surface area contributed by atoms with Gasteiger partial charge in [0.2, 0.25) is 0 Å². The predicted octanol–water partition coefficient (Wildman–Crippen LogP) is 3.38. The molecule has 0 aliphatic carbocycles. The van der Waals surface area contributed by atoms with Crippen LogP contribution in [0.4, 0.5) is 0 Å². The maximum Gasteiger partial charge on any atom is 0.188 e. The molecule has 6 heteroatoms. The molecule has 1 aromatic carbocycles. The topological polar surface area (TPSA) is 42.9 Å². The minimum atomic E-state index is -0.0713. The number of rotatable bonds is 3. The molecule has 0 spiro atoms. The molecule has 16 heavy (non-hydrogen) atoms. The molecule has 3 nitrogen and oxygen atoms in total. The Bertz CT molecular complexity index is 516. The summed E-state index contributed by atoms with van der Waals surface area (Å²) in [7, 11) is 0. The van der Waals surface area contributed by atoms with E-state index in [-0.39, 0.29) is 12.2 Å². The largest absolute Gasteiger partial charge is 0.292 e. The molecule has 0 saturated heterocycles. The van der Waals surface area contributed by atoms with Gasteiger partial charge in [0.1, 0.15) is 5.69 Å². The molecule has 0 radical (unpaired) electrons. The van der Waals surface area contributed by atoms with E-state index in [1.54, 1.807) is 11.4 Å². The van der Waals surface area contributed by atoms with Crippen LogP contribution in [0.2, 0.25) is 5.02 Å². The van der Waals surface area contributed by atoms with Crippen molar-refractivity contribution in [3.8, 4) is 0 Å². The van der Waals surface area contributed by atoms with Gasteiger partial charge in [-0.2, -0.15) is 0 Å².